The predicted octanol–water partition coefficient (Wildman–Crippen LogP) is 5.17. The van der Waals surface area contributed by atoms with Gasteiger partial charge < -0.3 is 5.73 Å². The van der Waals surface area contributed by atoms with E-state index in [2.05, 4.69) is 80.6 Å². The van der Waals surface area contributed by atoms with Crippen molar-refractivity contribution in [3.8, 4) is 11.1 Å². The third-order valence-corrected chi connectivity index (χ3v) is 5.00. The predicted molar refractivity (Wildman–Crippen MR) is 97.7 cm³/mol. The smallest absolute Gasteiger partial charge is 0.0364 e. The van der Waals surface area contributed by atoms with Crippen molar-refractivity contribution < 1.29 is 0 Å². The van der Waals surface area contributed by atoms with Crippen molar-refractivity contribution >= 4 is 5.69 Å². The normalized spacial score (nSPS) is 14.3. The number of fused-ring (bicyclic) bond motifs is 3. The first-order valence-electron chi connectivity index (χ1n) is 8.14. The van der Waals surface area contributed by atoms with Gasteiger partial charge in [-0.1, -0.05) is 74.5 Å². The molecule has 0 unspecified atom stereocenters. The number of nitrogens with two attached hydrogens (primary N) is 1. The number of hydrogen-bond acceptors (Lipinski definition) is 1. The zero-order valence-corrected chi connectivity index (χ0v) is 13.6. The second-order valence-electron chi connectivity index (χ2n) is 6.94. The van der Waals surface area contributed by atoms with Gasteiger partial charge in [0.05, 0.1) is 0 Å². The molecule has 0 aliphatic heterocycles. The Balaban J connectivity index is 1.87. The van der Waals surface area contributed by atoms with Crippen LogP contribution in [0.4, 0.5) is 5.69 Å². The first-order chi connectivity index (χ1) is 11.1. The molecule has 1 aliphatic rings. The Morgan fingerprint density at radius 2 is 1.48 bits per heavy atom. The SMILES string of the molecule is CC1(C)c2ccccc2-c2cc(Cc3ccccc3)cc(N)c21. The first-order valence-corrected chi connectivity index (χ1v) is 8.14. The second kappa shape index (κ2) is 4.99. The van der Waals surface area contributed by atoms with Gasteiger partial charge in [0.2, 0.25) is 0 Å². The lowest BCUT2D eigenvalue weighted by molar-refractivity contribution is 0.662. The minimum atomic E-state index is -0.0265. The lowest BCUT2D eigenvalue weighted by atomic mass is 9.81. The van der Waals surface area contributed by atoms with Gasteiger partial charge in [-0.25, -0.2) is 0 Å². The van der Waals surface area contributed by atoms with Crippen LogP contribution in [-0.4, -0.2) is 0 Å². The lowest BCUT2D eigenvalue weighted by Gasteiger charge is -2.23. The zero-order valence-electron chi connectivity index (χ0n) is 13.6. The van der Waals surface area contributed by atoms with Gasteiger partial charge >= 0.3 is 0 Å². The van der Waals surface area contributed by atoms with E-state index in [9.17, 15) is 0 Å². The zero-order chi connectivity index (χ0) is 16.0. The molecule has 0 spiro atoms. The largest absolute Gasteiger partial charge is 0.398 e. The van der Waals surface area contributed by atoms with Crippen LogP contribution >= 0.6 is 0 Å². The van der Waals surface area contributed by atoms with Crippen molar-refractivity contribution in [1.82, 2.24) is 0 Å². The molecule has 3 aromatic carbocycles. The summed E-state index contributed by atoms with van der Waals surface area (Å²) in [5, 5.41) is 0. The summed E-state index contributed by atoms with van der Waals surface area (Å²) >= 11 is 0. The fourth-order valence-electron chi connectivity index (χ4n) is 3.97. The molecular weight excluding hydrogens is 278 g/mol. The van der Waals surface area contributed by atoms with E-state index >= 15 is 0 Å². The molecule has 0 bridgehead atoms. The van der Waals surface area contributed by atoms with E-state index in [4.69, 9.17) is 5.73 Å². The van der Waals surface area contributed by atoms with Crippen LogP contribution in [0.3, 0.4) is 0 Å². The van der Waals surface area contributed by atoms with Gasteiger partial charge in [0.25, 0.3) is 0 Å². The minimum Gasteiger partial charge on any atom is -0.398 e. The number of benzene rings is 3. The maximum atomic E-state index is 6.48. The van der Waals surface area contributed by atoms with Crippen molar-refractivity contribution in [2.24, 2.45) is 0 Å². The summed E-state index contributed by atoms with van der Waals surface area (Å²) < 4.78 is 0. The maximum Gasteiger partial charge on any atom is 0.0364 e. The van der Waals surface area contributed by atoms with Gasteiger partial charge in [-0.15, -0.1) is 0 Å². The Morgan fingerprint density at radius 1 is 0.783 bits per heavy atom. The molecule has 0 atom stereocenters. The van der Waals surface area contributed by atoms with Crippen LogP contribution in [0, 0.1) is 0 Å². The third kappa shape index (κ3) is 2.16. The molecule has 1 aliphatic carbocycles. The molecular formula is C22H21N. The van der Waals surface area contributed by atoms with Gasteiger partial charge in [-0.3, -0.25) is 0 Å². The monoisotopic (exact) mass is 299 g/mol. The number of rotatable bonds is 2. The Labute approximate surface area is 137 Å². The maximum absolute atomic E-state index is 6.48. The summed E-state index contributed by atoms with van der Waals surface area (Å²) in [6, 6.07) is 23.7. The van der Waals surface area contributed by atoms with E-state index in [0.29, 0.717) is 0 Å². The first kappa shape index (κ1) is 14.1. The highest BCUT2D eigenvalue weighted by Gasteiger charge is 2.36. The quantitative estimate of drug-likeness (QED) is 0.649. The Bertz CT molecular complexity index is 876. The standard InChI is InChI=1S/C22H21N/c1-22(2)19-11-7-6-10-17(19)18-13-16(14-20(23)21(18)22)12-15-8-4-3-5-9-15/h3-11,13-14H,12,23H2,1-2H3. The summed E-state index contributed by atoms with van der Waals surface area (Å²) in [5.41, 5.74) is 15.2. The van der Waals surface area contributed by atoms with E-state index in [1.807, 2.05) is 0 Å². The van der Waals surface area contributed by atoms with Crippen LogP contribution < -0.4 is 5.73 Å². The Morgan fingerprint density at radius 3 is 2.26 bits per heavy atom. The highest BCUT2D eigenvalue weighted by Crippen LogP contribution is 2.51. The van der Waals surface area contributed by atoms with Crippen LogP contribution in [0.1, 0.15) is 36.1 Å². The van der Waals surface area contributed by atoms with Crippen LogP contribution in [0.25, 0.3) is 11.1 Å². The summed E-state index contributed by atoms with van der Waals surface area (Å²) in [6.45, 7) is 4.54. The number of nitrogen functional groups attached to an aromatic ring is 1. The fraction of sp³-hybridized carbons (Fsp3) is 0.182. The molecule has 23 heavy (non-hydrogen) atoms. The molecule has 0 aromatic heterocycles. The van der Waals surface area contributed by atoms with E-state index in [0.717, 1.165) is 12.1 Å². The van der Waals surface area contributed by atoms with Crippen molar-refractivity contribution in [1.29, 1.82) is 0 Å². The van der Waals surface area contributed by atoms with Crippen molar-refractivity contribution in [3.05, 3.63) is 89.0 Å². The summed E-state index contributed by atoms with van der Waals surface area (Å²) in [6.07, 6.45) is 0.918. The second-order valence-corrected chi connectivity index (χ2v) is 6.94. The lowest BCUT2D eigenvalue weighted by Crippen LogP contribution is -2.17. The molecule has 1 nitrogen and oxygen atoms in total. The molecule has 3 aromatic rings. The van der Waals surface area contributed by atoms with Gasteiger partial charge in [0.15, 0.2) is 0 Å². The van der Waals surface area contributed by atoms with Gasteiger partial charge in [-0.2, -0.15) is 0 Å². The summed E-state index contributed by atoms with van der Waals surface area (Å²) in [5.74, 6) is 0. The molecule has 4 rings (SSSR count). The van der Waals surface area contributed by atoms with Crippen molar-refractivity contribution in [2.75, 3.05) is 5.73 Å². The van der Waals surface area contributed by atoms with Gasteiger partial charge in [-0.05, 0) is 45.9 Å². The van der Waals surface area contributed by atoms with Crippen LogP contribution in [0.5, 0.6) is 0 Å². The molecule has 1 heteroatoms. The highest BCUT2D eigenvalue weighted by atomic mass is 14.6. The van der Waals surface area contributed by atoms with E-state index in [1.54, 1.807) is 0 Å². The summed E-state index contributed by atoms with van der Waals surface area (Å²) in [4.78, 5) is 0. The molecule has 0 amide bonds. The van der Waals surface area contributed by atoms with Crippen LogP contribution in [-0.2, 0) is 11.8 Å². The van der Waals surface area contributed by atoms with Crippen molar-refractivity contribution in [3.63, 3.8) is 0 Å². The average Bonchev–Trinajstić information content (AvgIpc) is 2.77. The van der Waals surface area contributed by atoms with Gasteiger partial charge in [0, 0.05) is 11.1 Å². The highest BCUT2D eigenvalue weighted by molar-refractivity contribution is 5.85. The fourth-order valence-corrected chi connectivity index (χ4v) is 3.97. The van der Waals surface area contributed by atoms with Gasteiger partial charge in [0.1, 0.15) is 0 Å². The van der Waals surface area contributed by atoms with Crippen LogP contribution in [0.15, 0.2) is 66.7 Å². The Hall–Kier alpha value is -2.54. The number of anilines is 1. The van der Waals surface area contributed by atoms with E-state index in [1.165, 1.54) is 33.4 Å². The topological polar surface area (TPSA) is 26.0 Å². The molecule has 0 saturated heterocycles. The van der Waals surface area contributed by atoms with E-state index in [-0.39, 0.29) is 5.41 Å². The molecule has 0 saturated carbocycles. The number of hydrogen-bond donors (Lipinski definition) is 1. The molecule has 0 heterocycles. The molecule has 0 fully saturated rings. The van der Waals surface area contributed by atoms with E-state index < -0.39 is 0 Å². The molecule has 114 valence electrons. The average molecular weight is 299 g/mol. The summed E-state index contributed by atoms with van der Waals surface area (Å²) in [7, 11) is 0. The van der Waals surface area contributed by atoms with Crippen molar-refractivity contribution in [2.45, 2.75) is 25.7 Å². The Kier molecular flexibility index (Phi) is 3.05. The third-order valence-electron chi connectivity index (χ3n) is 5.00. The molecule has 0 radical (unpaired) electrons. The molecule has 2 N–H and O–H groups in total. The van der Waals surface area contributed by atoms with Crippen LogP contribution in [0.2, 0.25) is 0 Å². The minimum absolute atomic E-state index is 0.0265.